The fraction of sp³-hybridized carbons (Fsp3) is 0.170. The number of nitrogens with zero attached hydrogens (tertiary/aromatic N) is 1. The van der Waals surface area contributed by atoms with Crippen molar-refractivity contribution in [1.82, 2.24) is 0 Å². The molecule has 0 spiro atoms. The van der Waals surface area contributed by atoms with Gasteiger partial charge >= 0.3 is 60.4 Å². The number of esters is 1. The van der Waals surface area contributed by atoms with Crippen LogP contribution in [0.4, 0.5) is 105 Å². The summed E-state index contributed by atoms with van der Waals surface area (Å²) in [6.07, 6.45) is -54.8. The highest BCUT2D eigenvalue weighted by Gasteiger charge is 2.47. The predicted octanol–water partition coefficient (Wildman–Crippen LogP) is 15.7. The van der Waals surface area contributed by atoms with Gasteiger partial charge in [-0.05, 0) is 42.5 Å². The Morgan fingerprint density at radius 1 is 0.366 bits per heavy atom. The highest BCUT2D eigenvalue weighted by Crippen LogP contribution is 2.42. The van der Waals surface area contributed by atoms with Crippen LogP contribution in [-0.4, -0.2) is 12.1 Å². The molecule has 0 atom stereocenters. The predicted molar refractivity (Wildman–Crippen MR) is 249 cm³/mol. The zero-order chi connectivity index (χ0) is 61.0. The summed E-state index contributed by atoms with van der Waals surface area (Å²) in [5, 5.41) is 0.592. The average molecular weight is 1210 g/mol. The molecule has 0 radical (unpaired) electrons. The first-order valence-corrected chi connectivity index (χ1v) is 23.5. The first-order chi connectivity index (χ1) is 37.6. The Morgan fingerprint density at radius 3 is 0.927 bits per heavy atom. The normalized spacial score (nSPS) is 13.2. The van der Waals surface area contributed by atoms with Crippen molar-refractivity contribution in [2.75, 3.05) is 0 Å². The van der Waals surface area contributed by atoms with Gasteiger partial charge in [-0.3, -0.25) is 0 Å². The second-order valence-electron chi connectivity index (χ2n) is 17.9. The monoisotopic (exact) mass is 1210 g/mol. The lowest BCUT2D eigenvalue weighted by atomic mass is 9.12. The third kappa shape index (κ3) is 13.8. The fourth-order valence-corrected chi connectivity index (χ4v) is 9.86. The number of fused-ring (bicyclic) bond motifs is 1. The molecule has 82 heavy (non-hydrogen) atoms. The van der Waals surface area contributed by atoms with Crippen molar-refractivity contribution in [2.24, 2.45) is 0 Å². The Balaban J connectivity index is 0.000000318. The second kappa shape index (κ2) is 21.9. The van der Waals surface area contributed by atoms with E-state index in [1.54, 1.807) is 12.1 Å². The number of para-hydroxylation sites is 2. The zero-order valence-electron chi connectivity index (χ0n) is 40.0. The first-order valence-electron chi connectivity index (χ1n) is 22.7. The Kier molecular flexibility index (Phi) is 16.5. The van der Waals surface area contributed by atoms with Gasteiger partial charge < -0.3 is 4.74 Å². The van der Waals surface area contributed by atoms with E-state index in [0.717, 1.165) is 15.8 Å². The molecule has 0 aliphatic rings. The molecule has 3 nitrogen and oxygen atoms in total. The molecule has 0 saturated heterocycles. The number of halogens is 24. The minimum absolute atomic E-state index is 0.330. The lowest BCUT2D eigenvalue weighted by molar-refractivity contribution is -0.660. The first kappa shape index (κ1) is 61.9. The third-order valence-corrected chi connectivity index (χ3v) is 13.5. The molecule has 0 unspecified atom stereocenters. The summed E-state index contributed by atoms with van der Waals surface area (Å²) < 4.78 is 349. The molecule has 0 N–H and O–H groups in total. The maximum atomic E-state index is 14.2. The van der Waals surface area contributed by atoms with E-state index in [0.29, 0.717) is 17.3 Å². The molecule has 0 bridgehead atoms. The van der Waals surface area contributed by atoms with E-state index in [2.05, 4.69) is 12.1 Å². The van der Waals surface area contributed by atoms with Crippen LogP contribution in [0.5, 0.6) is 5.75 Å². The van der Waals surface area contributed by atoms with Crippen LogP contribution in [0.1, 0.15) is 59.9 Å². The topological polar surface area (TPSA) is 30.2 Å². The summed E-state index contributed by atoms with van der Waals surface area (Å²) in [4.78, 5) is 12.8. The van der Waals surface area contributed by atoms with Crippen LogP contribution in [0.3, 0.4) is 0 Å². The van der Waals surface area contributed by atoms with Crippen LogP contribution in [0, 0.1) is 0 Å². The number of hydrogen-bond acceptors (Lipinski definition) is 3. The van der Waals surface area contributed by atoms with Crippen molar-refractivity contribution in [1.29, 1.82) is 0 Å². The van der Waals surface area contributed by atoms with Gasteiger partial charge in [-0.1, -0.05) is 121 Å². The van der Waals surface area contributed by atoms with Crippen LogP contribution in [0.15, 0.2) is 158 Å². The summed E-state index contributed by atoms with van der Waals surface area (Å²) in [5.41, 5.74) is -28.0. The smallest absolute Gasteiger partial charge is 0.418 e. The minimum Gasteiger partial charge on any atom is -0.418 e. The molecule has 0 saturated carbocycles. The van der Waals surface area contributed by atoms with Gasteiger partial charge in [0.05, 0.1) is 44.5 Å². The SMILES string of the molecule is FC(F)(F)c1cc([B-](c2cc(C(F)(F)F)cc(C(F)(F)F)c2)(c2cc(C(F)(F)F)cc(C(F)(F)F)c2)c2cc(C(F)(F)F)cc(C(F)(F)F)c2)cc(C(F)(F)F)c1.O=C(Oc1ccccc1)c1sc2ccccc2[n+]1Cc1ccccc1. The number of ether oxygens (including phenoxy) is 1. The van der Waals surface area contributed by atoms with Crippen molar-refractivity contribution < 1.29 is 119 Å². The summed E-state index contributed by atoms with van der Waals surface area (Å²) in [7, 11) is 0. The molecule has 0 fully saturated rings. The summed E-state index contributed by atoms with van der Waals surface area (Å²) in [6.45, 7) is 0.629. The van der Waals surface area contributed by atoms with E-state index in [1.807, 2.05) is 65.2 Å². The lowest BCUT2D eigenvalue weighted by Gasteiger charge is -2.46. The number of alkyl halides is 24. The molecular formula is C53H28BF24NO2S. The van der Waals surface area contributed by atoms with Gasteiger partial charge in [-0.25, -0.2) is 4.79 Å². The number of aromatic nitrogens is 1. The fourth-order valence-electron chi connectivity index (χ4n) is 8.82. The Hall–Kier alpha value is -7.72. The molecule has 1 heterocycles. The Morgan fingerprint density at radius 2 is 0.634 bits per heavy atom. The van der Waals surface area contributed by atoms with Crippen molar-refractivity contribution in [3.63, 3.8) is 0 Å². The van der Waals surface area contributed by atoms with E-state index in [1.165, 1.54) is 11.3 Å². The van der Waals surface area contributed by atoms with Crippen LogP contribution in [-0.2, 0) is 56.0 Å². The maximum absolute atomic E-state index is 14.2. The molecule has 8 rings (SSSR count). The summed E-state index contributed by atoms with van der Waals surface area (Å²) in [5.74, 6) is 0.222. The third-order valence-electron chi connectivity index (χ3n) is 12.4. The largest absolute Gasteiger partial charge is 0.420 e. The molecule has 434 valence electrons. The van der Waals surface area contributed by atoms with Gasteiger partial charge in [0.2, 0.25) is 5.52 Å². The van der Waals surface area contributed by atoms with Crippen LogP contribution >= 0.6 is 11.3 Å². The molecular weight excluding hydrogens is 1180 g/mol. The highest BCUT2D eigenvalue weighted by atomic mass is 32.1. The Bertz CT molecular complexity index is 3170. The zero-order valence-corrected chi connectivity index (χ0v) is 40.9. The van der Waals surface area contributed by atoms with E-state index in [-0.39, 0.29) is 5.97 Å². The van der Waals surface area contributed by atoms with Gasteiger partial charge in [0.15, 0.2) is 6.54 Å². The number of rotatable bonds is 8. The molecule has 7 aromatic carbocycles. The van der Waals surface area contributed by atoms with Crippen molar-refractivity contribution in [2.45, 2.75) is 56.0 Å². The molecule has 0 aliphatic carbocycles. The quantitative estimate of drug-likeness (QED) is 0.0499. The lowest BCUT2D eigenvalue weighted by Crippen LogP contribution is -2.75. The van der Waals surface area contributed by atoms with Crippen molar-refractivity contribution in [3.8, 4) is 5.75 Å². The number of carbonyl (C=O) groups is 1. The standard InChI is InChI=1S/C32H12BF24.C21H16NO2S/c34-25(35,36)13-1-14(26(37,38)39)6-21(5-13)33(22-7-15(27(40,41)42)2-16(8-22)28(43,44)45,23-9-17(29(46,47)48)3-18(10-23)30(49,50)51)24-11-19(31(52,53)54)4-20(12-24)32(55,56)57;23-21(24-17-11-5-2-6-12-17)20-22(15-16-9-3-1-4-10-16)18-13-7-8-14-19(18)25-20/h1-12H;1-14H,15H2/q-1;+1. The van der Waals surface area contributed by atoms with Gasteiger partial charge in [0.25, 0.3) is 0 Å². The van der Waals surface area contributed by atoms with Crippen molar-refractivity contribution >= 4 is 55.5 Å². The van der Waals surface area contributed by atoms with Crippen LogP contribution in [0.25, 0.3) is 10.2 Å². The summed E-state index contributed by atoms with van der Waals surface area (Å²) in [6, 6.07) is 18.5. The molecule has 1 aromatic heterocycles. The number of hydrogen-bond donors (Lipinski definition) is 0. The van der Waals surface area contributed by atoms with E-state index in [9.17, 15) is 110 Å². The molecule has 0 aliphatic heterocycles. The number of thiazole rings is 1. The number of benzene rings is 7. The maximum Gasteiger partial charge on any atom is 0.420 e. The Labute approximate surface area is 448 Å². The highest BCUT2D eigenvalue weighted by molar-refractivity contribution is 7.20. The van der Waals surface area contributed by atoms with Gasteiger partial charge in [-0.2, -0.15) is 132 Å². The molecule has 8 aromatic rings. The van der Waals surface area contributed by atoms with Crippen molar-refractivity contribution in [3.05, 3.63) is 213 Å². The van der Waals surface area contributed by atoms with Crippen LogP contribution < -0.4 is 31.2 Å². The van der Waals surface area contributed by atoms with E-state index < -0.39 is 195 Å². The molecule has 0 amide bonds. The van der Waals surface area contributed by atoms with Gasteiger partial charge in [0, 0.05) is 11.6 Å². The van der Waals surface area contributed by atoms with E-state index >= 15 is 0 Å². The van der Waals surface area contributed by atoms with Gasteiger partial charge in [-0.15, -0.1) is 0 Å². The van der Waals surface area contributed by atoms with Gasteiger partial charge in [0.1, 0.15) is 16.6 Å². The van der Waals surface area contributed by atoms with E-state index in [4.69, 9.17) is 4.74 Å². The second-order valence-corrected chi connectivity index (χ2v) is 18.9. The number of carbonyl (C=O) groups excluding carboxylic acids is 1. The average Bonchev–Trinajstić information content (AvgIpc) is 1.87. The minimum atomic E-state index is -6.13. The van der Waals surface area contributed by atoms with Crippen LogP contribution in [0.2, 0.25) is 0 Å². The summed E-state index contributed by atoms with van der Waals surface area (Å²) >= 11 is 1.46. The molecule has 29 heteroatoms.